The molecule has 2 heterocycles. The third kappa shape index (κ3) is 4.10. The number of carbonyl (C=O) groups is 2. The van der Waals surface area contributed by atoms with Gasteiger partial charge in [-0.2, -0.15) is 0 Å². The second kappa shape index (κ2) is 9.26. The van der Waals surface area contributed by atoms with Gasteiger partial charge in [0.1, 0.15) is 5.75 Å². The lowest BCUT2D eigenvalue weighted by atomic mass is 9.96. The Morgan fingerprint density at radius 1 is 1.03 bits per heavy atom. The van der Waals surface area contributed by atoms with Crippen LogP contribution in [-0.4, -0.2) is 48.1 Å². The monoisotopic (exact) mass is 434 g/mol. The van der Waals surface area contributed by atoms with E-state index >= 15 is 0 Å². The highest BCUT2D eigenvalue weighted by atomic mass is 16.5. The minimum atomic E-state index is -0.202. The van der Waals surface area contributed by atoms with Crippen LogP contribution in [0, 0.1) is 5.92 Å². The van der Waals surface area contributed by atoms with Gasteiger partial charge in [0.05, 0.1) is 30.9 Å². The first-order valence-electron chi connectivity index (χ1n) is 10.8. The predicted octanol–water partition coefficient (Wildman–Crippen LogP) is 3.41. The molecule has 2 aromatic carbocycles. The van der Waals surface area contributed by atoms with Crippen LogP contribution in [0.3, 0.4) is 0 Å². The number of hydrogen-bond donors (Lipinski definition) is 0. The van der Waals surface area contributed by atoms with Crippen LogP contribution < -0.4 is 10.3 Å². The maximum absolute atomic E-state index is 13.5. The van der Waals surface area contributed by atoms with Gasteiger partial charge in [-0.15, -0.1) is 0 Å². The van der Waals surface area contributed by atoms with Gasteiger partial charge in [0.2, 0.25) is 0 Å². The molecule has 0 unspecified atom stereocenters. The number of aromatic nitrogens is 1. The van der Waals surface area contributed by atoms with Gasteiger partial charge >= 0.3 is 5.97 Å². The average Bonchev–Trinajstić information content (AvgIpc) is 2.84. The van der Waals surface area contributed by atoms with Crippen molar-refractivity contribution in [3.05, 3.63) is 70.6 Å². The van der Waals surface area contributed by atoms with Gasteiger partial charge in [-0.3, -0.25) is 19.0 Å². The van der Waals surface area contributed by atoms with Crippen molar-refractivity contribution in [1.29, 1.82) is 0 Å². The lowest BCUT2D eigenvalue weighted by molar-refractivity contribution is -0.149. The van der Waals surface area contributed by atoms with Crippen LogP contribution in [0.4, 0.5) is 0 Å². The lowest BCUT2D eigenvalue weighted by Gasteiger charge is -2.31. The number of benzene rings is 2. The van der Waals surface area contributed by atoms with Crippen LogP contribution in [0.1, 0.15) is 30.1 Å². The van der Waals surface area contributed by atoms with Crippen LogP contribution >= 0.6 is 0 Å². The summed E-state index contributed by atoms with van der Waals surface area (Å²) in [4.78, 5) is 40.5. The lowest BCUT2D eigenvalue weighted by Crippen LogP contribution is -2.41. The molecule has 166 valence electrons. The summed E-state index contributed by atoms with van der Waals surface area (Å²) in [5.41, 5.74) is 0.874. The van der Waals surface area contributed by atoms with Crippen LogP contribution in [0.15, 0.2) is 59.5 Å². The fourth-order valence-electron chi connectivity index (χ4n) is 4.16. The summed E-state index contributed by atoms with van der Waals surface area (Å²) in [7, 11) is 1.57. The van der Waals surface area contributed by atoms with E-state index in [1.807, 2.05) is 6.07 Å². The molecule has 1 aromatic heterocycles. The number of likely N-dealkylation sites (tertiary alicyclic amines) is 1. The number of esters is 1. The van der Waals surface area contributed by atoms with Gasteiger partial charge in [0.15, 0.2) is 0 Å². The Hall–Kier alpha value is -3.61. The van der Waals surface area contributed by atoms with E-state index in [0.717, 1.165) is 0 Å². The van der Waals surface area contributed by atoms with Crippen molar-refractivity contribution in [3.63, 3.8) is 0 Å². The second-order valence-electron chi connectivity index (χ2n) is 7.78. The number of ether oxygens (including phenoxy) is 2. The maximum atomic E-state index is 13.5. The second-order valence-corrected chi connectivity index (χ2v) is 7.78. The molecule has 0 radical (unpaired) electrons. The molecular formula is C25H26N2O5. The number of carbonyl (C=O) groups excluding carboxylic acids is 2. The van der Waals surface area contributed by atoms with Crippen molar-refractivity contribution in [1.82, 2.24) is 9.47 Å². The van der Waals surface area contributed by atoms with Crippen molar-refractivity contribution in [2.45, 2.75) is 19.8 Å². The molecule has 1 saturated heterocycles. The van der Waals surface area contributed by atoms with Crippen molar-refractivity contribution >= 4 is 22.6 Å². The van der Waals surface area contributed by atoms with E-state index in [-0.39, 0.29) is 23.4 Å². The van der Waals surface area contributed by atoms with Gasteiger partial charge in [-0.25, -0.2) is 0 Å². The average molecular weight is 434 g/mol. The number of fused-ring (bicyclic) bond motifs is 1. The van der Waals surface area contributed by atoms with Gasteiger partial charge in [0, 0.05) is 36.1 Å². The Bertz CT molecular complexity index is 1210. The Balaban J connectivity index is 1.71. The van der Waals surface area contributed by atoms with Crippen molar-refractivity contribution < 1.29 is 19.1 Å². The summed E-state index contributed by atoms with van der Waals surface area (Å²) in [6, 6.07) is 14.3. The first kappa shape index (κ1) is 21.6. The number of rotatable bonds is 5. The highest BCUT2D eigenvalue weighted by molar-refractivity contribution is 6.06. The number of methoxy groups -OCH3 is 1. The molecule has 0 spiro atoms. The first-order chi connectivity index (χ1) is 15.5. The molecule has 1 amide bonds. The predicted molar refractivity (Wildman–Crippen MR) is 121 cm³/mol. The molecular weight excluding hydrogens is 408 g/mol. The molecule has 1 fully saturated rings. The third-order valence-corrected chi connectivity index (χ3v) is 5.89. The van der Waals surface area contributed by atoms with Crippen LogP contribution in [-0.2, 0) is 9.53 Å². The minimum Gasteiger partial charge on any atom is -0.497 e. The molecule has 0 atom stereocenters. The Morgan fingerprint density at radius 2 is 1.75 bits per heavy atom. The molecule has 0 bridgehead atoms. The number of nitrogens with zero attached hydrogens (tertiary/aromatic N) is 2. The third-order valence-electron chi connectivity index (χ3n) is 5.89. The number of pyridine rings is 1. The number of amides is 1. The SMILES string of the molecule is CCOC(=O)C1CCN(C(=O)c2cn(-c3cccc(OC)c3)c(=O)c3ccccc23)CC1. The van der Waals surface area contributed by atoms with Gasteiger partial charge < -0.3 is 14.4 Å². The highest BCUT2D eigenvalue weighted by Crippen LogP contribution is 2.24. The molecule has 3 aromatic rings. The maximum Gasteiger partial charge on any atom is 0.309 e. The van der Waals surface area contributed by atoms with Crippen molar-refractivity contribution in [3.8, 4) is 11.4 Å². The summed E-state index contributed by atoms with van der Waals surface area (Å²) in [5.74, 6) is 0.0923. The zero-order valence-corrected chi connectivity index (χ0v) is 18.2. The zero-order valence-electron chi connectivity index (χ0n) is 18.2. The molecule has 1 aliphatic heterocycles. The van der Waals surface area contributed by atoms with E-state index in [2.05, 4.69) is 0 Å². The van der Waals surface area contributed by atoms with E-state index in [9.17, 15) is 14.4 Å². The standard InChI is InChI=1S/C25H26N2O5/c1-3-32-25(30)17-11-13-26(14-12-17)23(28)22-16-27(18-7-6-8-19(15-18)31-2)24(29)21-10-5-4-9-20(21)22/h4-10,15-17H,3,11-14H2,1-2H3. The van der Waals surface area contributed by atoms with Gasteiger partial charge in [0.25, 0.3) is 11.5 Å². The van der Waals surface area contributed by atoms with E-state index in [1.165, 1.54) is 4.57 Å². The van der Waals surface area contributed by atoms with E-state index in [1.54, 1.807) is 67.6 Å². The van der Waals surface area contributed by atoms with Crippen LogP contribution in [0.2, 0.25) is 0 Å². The largest absolute Gasteiger partial charge is 0.497 e. The summed E-state index contributed by atoms with van der Waals surface area (Å²) in [6.07, 6.45) is 2.75. The fourth-order valence-corrected chi connectivity index (χ4v) is 4.16. The Morgan fingerprint density at radius 3 is 2.44 bits per heavy atom. The summed E-state index contributed by atoms with van der Waals surface area (Å²) in [6.45, 7) is 3.08. The molecule has 7 nitrogen and oxygen atoms in total. The van der Waals surface area contributed by atoms with Crippen molar-refractivity contribution in [2.75, 3.05) is 26.8 Å². The summed E-state index contributed by atoms with van der Waals surface area (Å²) < 4.78 is 11.9. The number of piperidine rings is 1. The minimum absolute atomic E-state index is 0.153. The Labute approximate surface area is 186 Å². The molecule has 7 heteroatoms. The summed E-state index contributed by atoms with van der Waals surface area (Å²) >= 11 is 0. The normalized spacial score (nSPS) is 14.4. The van der Waals surface area contributed by atoms with Crippen molar-refractivity contribution in [2.24, 2.45) is 5.92 Å². The molecule has 0 aliphatic carbocycles. The smallest absolute Gasteiger partial charge is 0.309 e. The molecule has 0 saturated carbocycles. The van der Waals surface area contributed by atoms with E-state index in [4.69, 9.17) is 9.47 Å². The van der Waals surface area contributed by atoms with Gasteiger partial charge in [-0.1, -0.05) is 24.3 Å². The van der Waals surface area contributed by atoms with Crippen LogP contribution in [0.5, 0.6) is 5.75 Å². The molecule has 1 aliphatic rings. The molecule has 0 N–H and O–H groups in total. The molecule has 32 heavy (non-hydrogen) atoms. The topological polar surface area (TPSA) is 77.8 Å². The first-order valence-corrected chi connectivity index (χ1v) is 10.8. The zero-order chi connectivity index (χ0) is 22.7. The Kier molecular flexibility index (Phi) is 6.25. The van der Waals surface area contributed by atoms with E-state index in [0.29, 0.717) is 60.3 Å². The number of hydrogen-bond acceptors (Lipinski definition) is 5. The van der Waals surface area contributed by atoms with E-state index < -0.39 is 0 Å². The quantitative estimate of drug-likeness (QED) is 0.575. The van der Waals surface area contributed by atoms with Gasteiger partial charge in [-0.05, 0) is 38.0 Å². The van der Waals surface area contributed by atoms with Crippen LogP contribution in [0.25, 0.3) is 16.5 Å². The fraction of sp³-hybridized carbons (Fsp3) is 0.320. The highest BCUT2D eigenvalue weighted by Gasteiger charge is 2.29. The molecule has 4 rings (SSSR count). The summed E-state index contributed by atoms with van der Waals surface area (Å²) in [5, 5.41) is 1.09.